The highest BCUT2D eigenvalue weighted by Crippen LogP contribution is 2.12. The third-order valence-corrected chi connectivity index (χ3v) is 4.39. The van der Waals surface area contributed by atoms with Gasteiger partial charge in [0, 0.05) is 51.0 Å². The summed E-state index contributed by atoms with van der Waals surface area (Å²) in [5, 5.41) is 4.29. The molecule has 0 amide bonds. The van der Waals surface area contributed by atoms with E-state index < -0.39 is 5.69 Å². The molecule has 7 heteroatoms. The van der Waals surface area contributed by atoms with E-state index in [0.29, 0.717) is 12.2 Å². The number of piperazine rings is 1. The maximum atomic E-state index is 11.3. The van der Waals surface area contributed by atoms with E-state index in [0.717, 1.165) is 32.7 Å². The molecule has 0 saturated carbocycles. The first kappa shape index (κ1) is 14.2. The zero-order valence-corrected chi connectivity index (χ0v) is 12.5. The number of thiophene rings is 1. The highest BCUT2D eigenvalue weighted by atomic mass is 32.1. The largest absolute Gasteiger partial charge is 0.325 e. The van der Waals surface area contributed by atoms with Gasteiger partial charge in [0.2, 0.25) is 0 Å². The van der Waals surface area contributed by atoms with E-state index in [-0.39, 0.29) is 5.56 Å². The van der Waals surface area contributed by atoms with Crippen molar-refractivity contribution in [2.45, 2.75) is 13.1 Å². The zero-order valence-electron chi connectivity index (χ0n) is 11.7. The van der Waals surface area contributed by atoms with Crippen LogP contribution in [0.2, 0.25) is 0 Å². The van der Waals surface area contributed by atoms with E-state index in [2.05, 4.69) is 36.6 Å². The predicted molar refractivity (Wildman–Crippen MR) is 82.6 cm³/mol. The molecule has 6 nitrogen and oxygen atoms in total. The van der Waals surface area contributed by atoms with Gasteiger partial charge in [-0.25, -0.2) is 4.79 Å². The molecule has 1 fully saturated rings. The number of rotatable bonds is 4. The Balaban J connectivity index is 1.53. The molecule has 2 aromatic rings. The van der Waals surface area contributed by atoms with Crippen molar-refractivity contribution in [3.63, 3.8) is 0 Å². The first-order valence-corrected chi connectivity index (χ1v) is 7.91. The molecule has 0 unspecified atom stereocenters. The number of aromatic nitrogens is 2. The summed E-state index contributed by atoms with van der Waals surface area (Å²) in [5.74, 6) is 0. The van der Waals surface area contributed by atoms with Gasteiger partial charge >= 0.3 is 5.69 Å². The zero-order chi connectivity index (χ0) is 14.7. The number of hydrogen-bond acceptors (Lipinski definition) is 5. The fourth-order valence-corrected chi connectivity index (χ4v) is 3.25. The molecule has 21 heavy (non-hydrogen) atoms. The van der Waals surface area contributed by atoms with Crippen LogP contribution in [0.4, 0.5) is 0 Å². The summed E-state index contributed by atoms with van der Waals surface area (Å²) in [6.07, 6.45) is 0. The summed E-state index contributed by atoms with van der Waals surface area (Å²) < 4.78 is 0. The molecule has 1 aliphatic rings. The molecule has 0 radical (unpaired) electrons. The second-order valence-corrected chi connectivity index (χ2v) is 6.08. The molecule has 1 saturated heterocycles. The third-order valence-electron chi connectivity index (χ3n) is 3.66. The van der Waals surface area contributed by atoms with Crippen LogP contribution in [0.3, 0.4) is 0 Å². The summed E-state index contributed by atoms with van der Waals surface area (Å²) in [6, 6.07) is 3.62. The Morgan fingerprint density at radius 2 is 1.76 bits per heavy atom. The quantitative estimate of drug-likeness (QED) is 0.860. The molecule has 0 aliphatic carbocycles. The number of hydrogen-bond donors (Lipinski definition) is 2. The molecule has 0 atom stereocenters. The predicted octanol–water partition coefficient (Wildman–Crippen LogP) is 0.442. The number of nitrogens with one attached hydrogen (secondary N) is 2. The molecule has 2 N–H and O–H groups in total. The SMILES string of the molecule is O=c1cc(CN2CCN(Cc3ccsc3)CC2)[nH]c(=O)[nH]1. The van der Waals surface area contributed by atoms with Gasteiger partial charge in [-0.1, -0.05) is 0 Å². The average molecular weight is 306 g/mol. The van der Waals surface area contributed by atoms with Crippen molar-refractivity contribution in [3.05, 3.63) is 55.0 Å². The summed E-state index contributed by atoms with van der Waals surface area (Å²) in [6.45, 7) is 5.51. The number of nitrogens with zero attached hydrogens (tertiary/aromatic N) is 2. The Bertz CT molecular complexity index is 655. The molecule has 0 bridgehead atoms. The van der Waals surface area contributed by atoms with Gasteiger partial charge in [0.05, 0.1) is 0 Å². The minimum atomic E-state index is -0.436. The van der Waals surface area contributed by atoms with Crippen molar-refractivity contribution in [3.8, 4) is 0 Å². The minimum absolute atomic E-state index is 0.343. The molecular formula is C14H18N4O2S. The molecule has 3 heterocycles. The first-order valence-electron chi connectivity index (χ1n) is 6.97. The average Bonchev–Trinajstić information content (AvgIpc) is 2.93. The van der Waals surface area contributed by atoms with Crippen LogP contribution in [0.5, 0.6) is 0 Å². The van der Waals surface area contributed by atoms with E-state index in [1.165, 1.54) is 11.6 Å². The molecule has 3 rings (SSSR count). The van der Waals surface area contributed by atoms with Gasteiger partial charge in [0.25, 0.3) is 5.56 Å². The fourth-order valence-electron chi connectivity index (χ4n) is 2.59. The van der Waals surface area contributed by atoms with Gasteiger partial charge in [-0.05, 0) is 22.4 Å². The van der Waals surface area contributed by atoms with Gasteiger partial charge in [-0.15, -0.1) is 0 Å². The van der Waals surface area contributed by atoms with E-state index in [9.17, 15) is 9.59 Å². The Morgan fingerprint density at radius 3 is 2.38 bits per heavy atom. The maximum absolute atomic E-state index is 11.3. The lowest BCUT2D eigenvalue weighted by Crippen LogP contribution is -2.45. The van der Waals surface area contributed by atoms with Crippen LogP contribution in [0.1, 0.15) is 11.3 Å². The van der Waals surface area contributed by atoms with Crippen molar-refractivity contribution >= 4 is 11.3 Å². The van der Waals surface area contributed by atoms with E-state index in [1.54, 1.807) is 11.3 Å². The van der Waals surface area contributed by atoms with Crippen LogP contribution in [0.25, 0.3) is 0 Å². The minimum Gasteiger partial charge on any atom is -0.310 e. The van der Waals surface area contributed by atoms with Gasteiger partial charge in [-0.2, -0.15) is 11.3 Å². The van der Waals surface area contributed by atoms with Gasteiger partial charge in [-0.3, -0.25) is 19.6 Å². The van der Waals surface area contributed by atoms with Gasteiger partial charge in [0.15, 0.2) is 0 Å². The smallest absolute Gasteiger partial charge is 0.310 e. The van der Waals surface area contributed by atoms with Crippen LogP contribution in [0.15, 0.2) is 32.5 Å². The second-order valence-electron chi connectivity index (χ2n) is 5.30. The third kappa shape index (κ3) is 3.90. The summed E-state index contributed by atoms with van der Waals surface area (Å²) in [4.78, 5) is 32.1. The van der Waals surface area contributed by atoms with E-state index in [4.69, 9.17) is 0 Å². The van der Waals surface area contributed by atoms with Gasteiger partial charge in [0.1, 0.15) is 0 Å². The van der Waals surface area contributed by atoms with Crippen LogP contribution >= 0.6 is 11.3 Å². The maximum Gasteiger partial charge on any atom is 0.325 e. The van der Waals surface area contributed by atoms with E-state index in [1.807, 2.05) is 0 Å². The lowest BCUT2D eigenvalue weighted by atomic mass is 10.2. The van der Waals surface area contributed by atoms with Crippen LogP contribution in [-0.4, -0.2) is 45.9 Å². The van der Waals surface area contributed by atoms with Crippen molar-refractivity contribution < 1.29 is 0 Å². The summed E-state index contributed by atoms with van der Waals surface area (Å²) in [7, 11) is 0. The lowest BCUT2D eigenvalue weighted by molar-refractivity contribution is 0.121. The Kier molecular flexibility index (Phi) is 4.33. The van der Waals surface area contributed by atoms with Crippen molar-refractivity contribution in [2.75, 3.05) is 26.2 Å². The number of H-pyrrole nitrogens is 2. The summed E-state index contributed by atoms with van der Waals surface area (Å²) in [5.41, 5.74) is 1.26. The first-order chi connectivity index (χ1) is 10.2. The van der Waals surface area contributed by atoms with Crippen molar-refractivity contribution in [2.24, 2.45) is 0 Å². The molecule has 0 spiro atoms. The van der Waals surface area contributed by atoms with Crippen LogP contribution in [0, 0.1) is 0 Å². The molecular weight excluding hydrogens is 288 g/mol. The second kappa shape index (κ2) is 6.38. The number of aromatic amines is 2. The van der Waals surface area contributed by atoms with Crippen molar-refractivity contribution in [1.29, 1.82) is 0 Å². The lowest BCUT2D eigenvalue weighted by Gasteiger charge is -2.34. The van der Waals surface area contributed by atoms with Crippen LogP contribution < -0.4 is 11.2 Å². The molecule has 2 aromatic heterocycles. The van der Waals surface area contributed by atoms with Gasteiger partial charge < -0.3 is 4.98 Å². The molecule has 0 aromatic carbocycles. The van der Waals surface area contributed by atoms with Crippen molar-refractivity contribution in [1.82, 2.24) is 19.8 Å². The summed E-state index contributed by atoms with van der Waals surface area (Å²) >= 11 is 1.73. The Hall–Kier alpha value is -1.70. The highest BCUT2D eigenvalue weighted by molar-refractivity contribution is 7.07. The van der Waals surface area contributed by atoms with E-state index >= 15 is 0 Å². The standard InChI is InChI=1S/C14H18N4O2S/c19-13-7-12(15-14(20)16-13)9-18-4-2-17(3-5-18)8-11-1-6-21-10-11/h1,6-7,10H,2-5,8-9H2,(H2,15,16,19,20). The monoisotopic (exact) mass is 306 g/mol. The Morgan fingerprint density at radius 1 is 1.05 bits per heavy atom. The normalized spacial score (nSPS) is 17.1. The fraction of sp³-hybridized carbons (Fsp3) is 0.429. The molecule has 1 aliphatic heterocycles. The molecule has 112 valence electrons. The van der Waals surface area contributed by atoms with Crippen LogP contribution in [-0.2, 0) is 13.1 Å². The topological polar surface area (TPSA) is 72.2 Å². The Labute approximate surface area is 126 Å². The highest BCUT2D eigenvalue weighted by Gasteiger charge is 2.17.